The van der Waals surface area contributed by atoms with Crippen LogP contribution in [0.2, 0.25) is 0 Å². The molecule has 2 heterocycles. The number of nitrogens with zero attached hydrogens (tertiary/aromatic N) is 2. The van der Waals surface area contributed by atoms with Gasteiger partial charge in [0.15, 0.2) is 0 Å². The molecule has 0 aliphatic carbocycles. The second kappa shape index (κ2) is 6.79. The molecular weight excluding hydrogens is 259 g/mol. The summed E-state index contributed by atoms with van der Waals surface area (Å²) in [5.41, 5.74) is 0.738. The zero-order valence-corrected chi connectivity index (χ0v) is 11.8. The summed E-state index contributed by atoms with van der Waals surface area (Å²) in [7, 11) is 0. The van der Waals surface area contributed by atoms with E-state index in [1.165, 1.54) is 6.07 Å². The highest BCUT2D eigenvalue weighted by atomic mass is 19.1. The van der Waals surface area contributed by atoms with E-state index in [9.17, 15) is 14.3 Å². The summed E-state index contributed by atoms with van der Waals surface area (Å²) in [6, 6.07) is 1.63. The van der Waals surface area contributed by atoms with Gasteiger partial charge < -0.3 is 10.0 Å². The van der Waals surface area contributed by atoms with Crippen LogP contribution in [0.4, 0.5) is 4.39 Å². The van der Waals surface area contributed by atoms with Crippen molar-refractivity contribution in [3.8, 4) is 0 Å². The van der Waals surface area contributed by atoms with Crippen molar-refractivity contribution in [2.45, 2.75) is 38.6 Å². The molecule has 0 aromatic carbocycles. The van der Waals surface area contributed by atoms with Crippen LogP contribution in [0.5, 0.6) is 0 Å². The molecule has 1 fully saturated rings. The normalized spacial score (nSPS) is 22.9. The second-order valence-corrected chi connectivity index (χ2v) is 5.53. The number of likely N-dealkylation sites (tertiary alicyclic amines) is 1. The largest absolute Gasteiger partial charge is 0.396 e. The van der Waals surface area contributed by atoms with Crippen molar-refractivity contribution < 1.29 is 14.3 Å². The fourth-order valence-corrected chi connectivity index (χ4v) is 2.67. The fraction of sp³-hybridized carbons (Fsp3) is 0.600. The number of hydrogen-bond acceptors (Lipinski definition) is 3. The van der Waals surface area contributed by atoms with Gasteiger partial charge in [-0.1, -0.05) is 0 Å². The molecule has 20 heavy (non-hydrogen) atoms. The van der Waals surface area contributed by atoms with Crippen LogP contribution in [0.3, 0.4) is 0 Å². The minimum absolute atomic E-state index is 0.0694. The van der Waals surface area contributed by atoms with Gasteiger partial charge in [0.2, 0.25) is 5.91 Å². The molecule has 1 saturated heterocycles. The quantitative estimate of drug-likeness (QED) is 0.914. The second-order valence-electron chi connectivity index (χ2n) is 5.53. The van der Waals surface area contributed by atoms with Crippen LogP contribution in [0.15, 0.2) is 18.5 Å². The van der Waals surface area contributed by atoms with Crippen LogP contribution in [0, 0.1) is 11.7 Å². The Morgan fingerprint density at radius 1 is 1.50 bits per heavy atom. The molecule has 0 saturated carbocycles. The van der Waals surface area contributed by atoms with Gasteiger partial charge in [-0.15, -0.1) is 0 Å². The lowest BCUT2D eigenvalue weighted by atomic mass is 9.93. The predicted octanol–water partition coefficient (Wildman–Crippen LogP) is 1.77. The number of halogens is 1. The Labute approximate surface area is 118 Å². The highest BCUT2D eigenvalue weighted by molar-refractivity contribution is 5.76. The highest BCUT2D eigenvalue weighted by Gasteiger charge is 2.28. The molecule has 0 radical (unpaired) electrons. The van der Waals surface area contributed by atoms with Gasteiger partial charge in [-0.2, -0.15) is 0 Å². The molecule has 110 valence electrons. The van der Waals surface area contributed by atoms with Crippen LogP contribution in [0.1, 0.15) is 31.7 Å². The van der Waals surface area contributed by atoms with Crippen molar-refractivity contribution in [2.75, 3.05) is 13.2 Å². The van der Waals surface area contributed by atoms with E-state index in [1.54, 1.807) is 6.20 Å². The molecule has 5 heteroatoms. The summed E-state index contributed by atoms with van der Waals surface area (Å²) in [6.07, 6.45) is 5.49. The van der Waals surface area contributed by atoms with Gasteiger partial charge in [0, 0.05) is 31.8 Å². The van der Waals surface area contributed by atoms with E-state index in [4.69, 9.17) is 0 Å². The minimum Gasteiger partial charge on any atom is -0.396 e. The van der Waals surface area contributed by atoms with E-state index in [0.717, 1.165) is 24.6 Å². The van der Waals surface area contributed by atoms with Crippen LogP contribution in [0.25, 0.3) is 0 Å². The lowest BCUT2D eigenvalue weighted by Gasteiger charge is -2.37. The number of piperidine rings is 1. The average Bonchev–Trinajstić information content (AvgIpc) is 2.45. The summed E-state index contributed by atoms with van der Waals surface area (Å²) in [6.45, 7) is 2.79. The number of rotatable bonds is 4. The Morgan fingerprint density at radius 3 is 3.00 bits per heavy atom. The van der Waals surface area contributed by atoms with Crippen LogP contribution < -0.4 is 0 Å². The van der Waals surface area contributed by atoms with Crippen LogP contribution in [-0.4, -0.2) is 40.1 Å². The first-order valence-corrected chi connectivity index (χ1v) is 7.10. The van der Waals surface area contributed by atoms with Gasteiger partial charge in [-0.05, 0) is 43.7 Å². The van der Waals surface area contributed by atoms with Crippen molar-refractivity contribution in [1.29, 1.82) is 0 Å². The lowest BCUT2D eigenvalue weighted by Crippen LogP contribution is -2.46. The van der Waals surface area contributed by atoms with Crippen LogP contribution in [-0.2, 0) is 11.2 Å². The Bertz CT molecular complexity index is 467. The third-order valence-corrected chi connectivity index (χ3v) is 3.95. The number of hydrogen-bond donors (Lipinski definition) is 1. The van der Waals surface area contributed by atoms with Crippen molar-refractivity contribution in [2.24, 2.45) is 5.92 Å². The molecule has 1 amide bonds. The average molecular weight is 280 g/mol. The zero-order valence-electron chi connectivity index (χ0n) is 11.8. The van der Waals surface area contributed by atoms with E-state index >= 15 is 0 Å². The summed E-state index contributed by atoms with van der Waals surface area (Å²) in [4.78, 5) is 17.9. The first-order valence-electron chi connectivity index (χ1n) is 7.10. The maximum atomic E-state index is 13.0. The fourth-order valence-electron chi connectivity index (χ4n) is 2.67. The Hall–Kier alpha value is -1.49. The third-order valence-electron chi connectivity index (χ3n) is 3.95. The number of aliphatic hydroxyl groups excluding tert-OH is 1. The Kier molecular flexibility index (Phi) is 5.06. The number of aryl methyl sites for hydroxylation is 1. The standard InChI is InChI=1S/C15H21FN2O2/c1-11-2-3-13(10-19)9-18(11)15(20)5-4-12-6-14(16)8-17-7-12/h6-8,11,13,19H,2-5,9-10H2,1H3. The lowest BCUT2D eigenvalue weighted by molar-refractivity contribution is -0.135. The Balaban J connectivity index is 1.90. The van der Waals surface area contributed by atoms with Gasteiger partial charge in [0.05, 0.1) is 6.20 Å². The van der Waals surface area contributed by atoms with E-state index < -0.39 is 0 Å². The van der Waals surface area contributed by atoms with Crippen molar-refractivity contribution in [1.82, 2.24) is 9.88 Å². The molecule has 2 unspecified atom stereocenters. The van der Waals surface area contributed by atoms with Gasteiger partial charge in [0.1, 0.15) is 5.82 Å². The van der Waals surface area contributed by atoms with E-state index in [1.807, 2.05) is 11.8 Å². The topological polar surface area (TPSA) is 53.4 Å². The number of amides is 1. The molecule has 0 bridgehead atoms. The van der Waals surface area contributed by atoms with Gasteiger partial charge >= 0.3 is 0 Å². The molecule has 1 aromatic rings. The highest BCUT2D eigenvalue weighted by Crippen LogP contribution is 2.22. The van der Waals surface area contributed by atoms with Crippen molar-refractivity contribution >= 4 is 5.91 Å². The maximum Gasteiger partial charge on any atom is 0.223 e. The predicted molar refractivity (Wildman–Crippen MR) is 73.5 cm³/mol. The van der Waals surface area contributed by atoms with E-state index in [-0.39, 0.29) is 30.3 Å². The molecule has 1 aliphatic rings. The smallest absolute Gasteiger partial charge is 0.223 e. The molecule has 4 nitrogen and oxygen atoms in total. The summed E-state index contributed by atoms with van der Waals surface area (Å²) < 4.78 is 13.0. The Morgan fingerprint density at radius 2 is 2.30 bits per heavy atom. The molecule has 1 aliphatic heterocycles. The first-order chi connectivity index (χ1) is 9.60. The van der Waals surface area contributed by atoms with Gasteiger partial charge in [-0.25, -0.2) is 4.39 Å². The number of carbonyl (C=O) groups is 1. The first kappa shape index (κ1) is 14.9. The molecule has 0 spiro atoms. The maximum absolute atomic E-state index is 13.0. The van der Waals surface area contributed by atoms with E-state index in [0.29, 0.717) is 19.4 Å². The summed E-state index contributed by atoms with van der Waals surface area (Å²) >= 11 is 0. The minimum atomic E-state index is -0.373. The molecule has 2 atom stereocenters. The monoisotopic (exact) mass is 280 g/mol. The van der Waals surface area contributed by atoms with Gasteiger partial charge in [-0.3, -0.25) is 9.78 Å². The van der Waals surface area contributed by atoms with Crippen molar-refractivity contribution in [3.05, 3.63) is 29.8 Å². The number of aromatic nitrogens is 1. The zero-order chi connectivity index (χ0) is 14.5. The summed E-state index contributed by atoms with van der Waals surface area (Å²) in [5.74, 6) is -0.118. The molecule has 2 rings (SSSR count). The SMILES string of the molecule is CC1CCC(CO)CN1C(=O)CCc1cncc(F)c1. The number of carbonyl (C=O) groups excluding carboxylic acids is 1. The summed E-state index contributed by atoms with van der Waals surface area (Å²) in [5, 5.41) is 9.23. The number of aliphatic hydroxyl groups is 1. The number of pyridine rings is 1. The van der Waals surface area contributed by atoms with Crippen LogP contribution >= 0.6 is 0 Å². The third kappa shape index (κ3) is 3.76. The van der Waals surface area contributed by atoms with E-state index in [2.05, 4.69) is 4.98 Å². The molecule has 1 N–H and O–H groups in total. The van der Waals surface area contributed by atoms with Crippen molar-refractivity contribution in [3.63, 3.8) is 0 Å². The molecule has 1 aromatic heterocycles. The van der Waals surface area contributed by atoms with Gasteiger partial charge in [0.25, 0.3) is 0 Å². The molecular formula is C15H21FN2O2.